The molecule has 0 aromatic heterocycles. The molecular formula is C6H12N2O3S. The summed E-state index contributed by atoms with van der Waals surface area (Å²) < 4.78 is 15.0. The number of hydrogen-bond donors (Lipinski definition) is 2. The fraction of sp³-hybridized carbons (Fsp3) is 0.667. The van der Waals surface area contributed by atoms with Gasteiger partial charge in [-0.1, -0.05) is 13.8 Å². The second-order valence-electron chi connectivity index (χ2n) is 2.03. The van der Waals surface area contributed by atoms with Crippen LogP contribution in [-0.2, 0) is 20.8 Å². The van der Waals surface area contributed by atoms with Crippen LogP contribution in [0.4, 0.5) is 0 Å². The normalized spacial score (nSPS) is 9.58. The van der Waals surface area contributed by atoms with Crippen LogP contribution in [0.15, 0.2) is 0 Å². The van der Waals surface area contributed by atoms with E-state index in [1.165, 1.54) is 0 Å². The molecule has 0 saturated carbocycles. The van der Waals surface area contributed by atoms with Gasteiger partial charge >= 0.3 is 0 Å². The fourth-order valence-electron chi connectivity index (χ4n) is 0.377. The Kier molecular flexibility index (Phi) is 5.27. The second-order valence-corrected chi connectivity index (χ2v) is 2.97. The molecule has 2 amide bonds. The molecule has 0 atom stereocenters. The van der Waals surface area contributed by atoms with Crippen molar-refractivity contribution in [2.24, 2.45) is 0 Å². The Bertz CT molecular complexity index is 185. The zero-order valence-corrected chi connectivity index (χ0v) is 7.86. The Morgan fingerprint density at radius 2 is 1.42 bits per heavy atom. The Balaban J connectivity index is 3.74. The van der Waals surface area contributed by atoms with Gasteiger partial charge in [-0.25, -0.2) is 4.21 Å². The van der Waals surface area contributed by atoms with Crippen LogP contribution in [0, 0.1) is 0 Å². The van der Waals surface area contributed by atoms with Crippen molar-refractivity contribution in [2.75, 3.05) is 0 Å². The number of carbonyl (C=O) groups is 2. The molecule has 0 rings (SSSR count). The van der Waals surface area contributed by atoms with Crippen molar-refractivity contribution >= 4 is 23.0 Å². The van der Waals surface area contributed by atoms with Crippen molar-refractivity contribution in [3.8, 4) is 0 Å². The Morgan fingerprint density at radius 3 is 1.67 bits per heavy atom. The molecule has 0 heterocycles. The van der Waals surface area contributed by atoms with Crippen molar-refractivity contribution in [3.05, 3.63) is 0 Å². The van der Waals surface area contributed by atoms with E-state index in [1.807, 2.05) is 0 Å². The molecule has 0 radical (unpaired) electrons. The van der Waals surface area contributed by atoms with E-state index in [2.05, 4.69) is 9.44 Å². The van der Waals surface area contributed by atoms with Gasteiger partial charge in [-0.3, -0.25) is 19.0 Å². The van der Waals surface area contributed by atoms with Crippen molar-refractivity contribution in [3.63, 3.8) is 0 Å². The summed E-state index contributed by atoms with van der Waals surface area (Å²) in [5, 5.41) is 0. The Morgan fingerprint density at radius 1 is 1.08 bits per heavy atom. The summed E-state index contributed by atoms with van der Waals surface area (Å²) in [6.07, 6.45) is 0.488. The van der Waals surface area contributed by atoms with Gasteiger partial charge in [0.05, 0.1) is 0 Å². The van der Waals surface area contributed by atoms with E-state index in [4.69, 9.17) is 0 Å². The largest absolute Gasteiger partial charge is 0.274 e. The van der Waals surface area contributed by atoms with Gasteiger partial charge in [-0.2, -0.15) is 0 Å². The maximum absolute atomic E-state index is 10.8. The van der Waals surface area contributed by atoms with Crippen LogP contribution in [0.3, 0.4) is 0 Å². The van der Waals surface area contributed by atoms with E-state index < -0.39 is 11.2 Å². The molecule has 5 nitrogen and oxygen atoms in total. The first-order valence-corrected chi connectivity index (χ1v) is 4.75. The van der Waals surface area contributed by atoms with Crippen molar-refractivity contribution in [1.29, 1.82) is 0 Å². The lowest BCUT2D eigenvalue weighted by molar-refractivity contribution is -0.119. The van der Waals surface area contributed by atoms with Gasteiger partial charge in [0.2, 0.25) is 23.0 Å². The molecule has 0 bridgehead atoms. The van der Waals surface area contributed by atoms with Gasteiger partial charge < -0.3 is 0 Å². The minimum absolute atomic E-state index is 0.244. The predicted molar refractivity (Wildman–Crippen MR) is 45.0 cm³/mol. The summed E-state index contributed by atoms with van der Waals surface area (Å²) in [6, 6.07) is 0. The van der Waals surface area contributed by atoms with Crippen molar-refractivity contribution < 1.29 is 13.8 Å². The monoisotopic (exact) mass is 192 g/mol. The SMILES string of the molecule is CCC(=O)NS(=O)NC(=O)CC. The lowest BCUT2D eigenvalue weighted by atomic mass is 10.5. The van der Waals surface area contributed by atoms with E-state index in [1.54, 1.807) is 13.8 Å². The lowest BCUT2D eigenvalue weighted by Crippen LogP contribution is -2.37. The summed E-state index contributed by atoms with van der Waals surface area (Å²) in [5.41, 5.74) is 0. The third-order valence-corrected chi connectivity index (χ3v) is 1.88. The number of amides is 2. The Hall–Kier alpha value is -0.910. The van der Waals surface area contributed by atoms with Crippen LogP contribution < -0.4 is 9.44 Å². The molecule has 0 aromatic carbocycles. The van der Waals surface area contributed by atoms with Crippen molar-refractivity contribution in [1.82, 2.24) is 9.44 Å². The summed E-state index contributed by atoms with van der Waals surface area (Å²) in [7, 11) is 0. The highest BCUT2D eigenvalue weighted by molar-refractivity contribution is 7.82. The molecule has 70 valence electrons. The maximum atomic E-state index is 10.8. The summed E-state index contributed by atoms with van der Waals surface area (Å²) in [6.45, 7) is 3.27. The molecule has 0 aliphatic rings. The topological polar surface area (TPSA) is 75.3 Å². The first-order chi connectivity index (χ1) is 5.60. The summed E-state index contributed by atoms with van der Waals surface area (Å²) in [4.78, 5) is 21.3. The lowest BCUT2D eigenvalue weighted by Gasteiger charge is -2.02. The van der Waals surface area contributed by atoms with E-state index in [-0.39, 0.29) is 24.7 Å². The van der Waals surface area contributed by atoms with E-state index >= 15 is 0 Å². The number of rotatable bonds is 4. The highest BCUT2D eigenvalue weighted by atomic mass is 32.2. The van der Waals surface area contributed by atoms with E-state index in [9.17, 15) is 13.8 Å². The summed E-state index contributed by atoms with van der Waals surface area (Å²) >= 11 is -1.78. The Labute approximate surface area is 73.6 Å². The second kappa shape index (κ2) is 5.70. The fourth-order valence-corrected chi connectivity index (χ4v) is 1.13. The first-order valence-electron chi connectivity index (χ1n) is 3.60. The van der Waals surface area contributed by atoms with Gasteiger partial charge in [0.1, 0.15) is 0 Å². The van der Waals surface area contributed by atoms with Gasteiger partial charge in [-0.05, 0) is 0 Å². The van der Waals surface area contributed by atoms with Gasteiger partial charge in [0.15, 0.2) is 0 Å². The molecule has 0 aliphatic heterocycles. The number of hydrogen-bond acceptors (Lipinski definition) is 3. The average molecular weight is 192 g/mol. The standard InChI is InChI=1S/C6H12N2O3S/c1-3-5(9)7-12(11)8-6(10)4-2/h3-4H2,1-2H3,(H,7,9)(H,8,10). The molecule has 0 aliphatic carbocycles. The molecule has 0 aromatic rings. The van der Waals surface area contributed by atoms with Crippen LogP contribution in [0.5, 0.6) is 0 Å². The molecule has 0 fully saturated rings. The maximum Gasteiger partial charge on any atom is 0.232 e. The first kappa shape index (κ1) is 11.1. The zero-order valence-electron chi connectivity index (χ0n) is 7.05. The van der Waals surface area contributed by atoms with Gasteiger partial charge in [0.25, 0.3) is 0 Å². The minimum atomic E-state index is -1.78. The van der Waals surface area contributed by atoms with E-state index in [0.717, 1.165) is 0 Å². The minimum Gasteiger partial charge on any atom is -0.274 e. The third-order valence-electron chi connectivity index (χ3n) is 1.06. The van der Waals surface area contributed by atoms with Gasteiger partial charge in [0, 0.05) is 12.8 Å². The smallest absolute Gasteiger partial charge is 0.232 e. The molecule has 0 saturated heterocycles. The molecule has 12 heavy (non-hydrogen) atoms. The highest BCUT2D eigenvalue weighted by Gasteiger charge is 2.05. The van der Waals surface area contributed by atoms with Crippen LogP contribution >= 0.6 is 0 Å². The van der Waals surface area contributed by atoms with Crippen molar-refractivity contribution in [2.45, 2.75) is 26.7 Å². The molecule has 6 heteroatoms. The van der Waals surface area contributed by atoms with Crippen LogP contribution in [0.2, 0.25) is 0 Å². The number of nitrogens with one attached hydrogen (secondary N) is 2. The molecule has 0 spiro atoms. The zero-order chi connectivity index (χ0) is 9.56. The van der Waals surface area contributed by atoms with Gasteiger partial charge in [-0.15, -0.1) is 0 Å². The van der Waals surface area contributed by atoms with Crippen LogP contribution in [0.1, 0.15) is 26.7 Å². The van der Waals surface area contributed by atoms with Crippen LogP contribution in [0.25, 0.3) is 0 Å². The molecule has 0 unspecified atom stereocenters. The molecular weight excluding hydrogens is 180 g/mol. The van der Waals surface area contributed by atoms with Crippen LogP contribution in [-0.4, -0.2) is 16.0 Å². The molecule has 2 N–H and O–H groups in total. The predicted octanol–water partition coefficient (Wildman–Crippen LogP) is -0.383. The third kappa shape index (κ3) is 4.84. The number of carbonyl (C=O) groups excluding carboxylic acids is 2. The highest BCUT2D eigenvalue weighted by Crippen LogP contribution is 1.79. The average Bonchev–Trinajstić information content (AvgIpc) is 2.03. The summed E-state index contributed by atoms with van der Waals surface area (Å²) in [5.74, 6) is -0.713. The van der Waals surface area contributed by atoms with E-state index in [0.29, 0.717) is 0 Å². The quantitative estimate of drug-likeness (QED) is 0.637.